The summed E-state index contributed by atoms with van der Waals surface area (Å²) in [6.45, 7) is 4.27. The predicted octanol–water partition coefficient (Wildman–Crippen LogP) is 2.34. The second-order valence-electron chi connectivity index (χ2n) is 9.90. The average molecular weight is 505 g/mol. The highest BCUT2D eigenvalue weighted by Gasteiger charge is 2.48. The van der Waals surface area contributed by atoms with Crippen molar-refractivity contribution in [3.8, 4) is 0 Å². The molecule has 2 aliphatic heterocycles. The minimum atomic E-state index is -0.913. The van der Waals surface area contributed by atoms with E-state index in [0.717, 1.165) is 29.6 Å². The van der Waals surface area contributed by atoms with E-state index < -0.39 is 5.60 Å². The highest BCUT2D eigenvalue weighted by Crippen LogP contribution is 2.46. The summed E-state index contributed by atoms with van der Waals surface area (Å²) >= 11 is 0. The van der Waals surface area contributed by atoms with Gasteiger partial charge in [-0.2, -0.15) is 0 Å². The summed E-state index contributed by atoms with van der Waals surface area (Å²) in [5, 5.41) is 12.3. The van der Waals surface area contributed by atoms with E-state index in [1.54, 1.807) is 0 Å². The fourth-order valence-corrected chi connectivity index (χ4v) is 6.22. The lowest BCUT2D eigenvalue weighted by Gasteiger charge is -2.54. The number of hydrogen-bond acceptors (Lipinski definition) is 1. The van der Waals surface area contributed by atoms with E-state index in [2.05, 4.69) is 76.5 Å². The van der Waals surface area contributed by atoms with E-state index in [4.69, 9.17) is 0 Å². The quantitative estimate of drug-likeness (QED) is 0.500. The van der Waals surface area contributed by atoms with Crippen LogP contribution in [0.5, 0.6) is 0 Å². The first-order valence-corrected chi connectivity index (χ1v) is 11.0. The minimum Gasteiger partial charge on any atom is -1.00 e. The molecule has 4 rings (SSSR count). The van der Waals surface area contributed by atoms with E-state index in [1.807, 2.05) is 0 Å². The average Bonchev–Trinajstić information content (AvgIpc) is 2.63. The molecule has 158 valence electrons. The van der Waals surface area contributed by atoms with Crippen LogP contribution >= 0.6 is 0 Å². The first-order chi connectivity index (χ1) is 13.3. The molecule has 29 heavy (non-hydrogen) atoms. The second-order valence-corrected chi connectivity index (χ2v) is 9.90. The van der Waals surface area contributed by atoms with E-state index in [0.29, 0.717) is 5.92 Å². The van der Waals surface area contributed by atoms with Gasteiger partial charge in [0.2, 0.25) is 0 Å². The van der Waals surface area contributed by atoms with Crippen LogP contribution in [0.1, 0.15) is 60.8 Å². The van der Waals surface area contributed by atoms with E-state index in [9.17, 15) is 5.11 Å². The number of hydrogen-bond donors (Lipinski definition) is 1. The van der Waals surface area contributed by atoms with Gasteiger partial charge in [-0.15, -0.1) is 0 Å². The van der Waals surface area contributed by atoms with Gasteiger partial charge in [0.25, 0.3) is 0 Å². The maximum Gasteiger partial charge on any atom is 0.115 e. The lowest BCUT2D eigenvalue weighted by atomic mass is 9.69. The van der Waals surface area contributed by atoms with Gasteiger partial charge in [0.1, 0.15) is 5.60 Å². The van der Waals surface area contributed by atoms with Crippen LogP contribution < -0.4 is 24.0 Å². The number of rotatable bonds is 4. The molecule has 0 unspecified atom stereocenters. The summed E-state index contributed by atoms with van der Waals surface area (Å²) in [6.07, 6.45) is 7.37. The maximum atomic E-state index is 12.3. The summed E-state index contributed by atoms with van der Waals surface area (Å²) < 4.78 is 1.18. The largest absolute Gasteiger partial charge is 1.00 e. The Morgan fingerprint density at radius 3 is 1.76 bits per heavy atom. The Labute approximate surface area is 193 Å². The van der Waals surface area contributed by atoms with Crippen LogP contribution in [-0.4, -0.2) is 35.8 Å². The third-order valence-electron chi connectivity index (χ3n) is 7.93. The first-order valence-electron chi connectivity index (χ1n) is 11.0. The van der Waals surface area contributed by atoms with Crippen molar-refractivity contribution in [2.75, 3.05) is 14.1 Å². The number of nitrogens with zero attached hydrogens (tertiary/aromatic N) is 1. The summed E-state index contributed by atoms with van der Waals surface area (Å²) in [7, 11) is 4.86. The molecule has 0 aliphatic carbocycles. The monoisotopic (exact) mass is 505 g/mol. The molecule has 2 aromatic rings. The van der Waals surface area contributed by atoms with Gasteiger partial charge in [0, 0.05) is 12.8 Å². The summed E-state index contributed by atoms with van der Waals surface area (Å²) in [5.41, 5.74) is 3.60. The molecule has 0 radical (unpaired) electrons. The molecule has 3 heteroatoms. The van der Waals surface area contributed by atoms with Crippen LogP contribution in [0.3, 0.4) is 0 Å². The van der Waals surface area contributed by atoms with E-state index in [-0.39, 0.29) is 24.0 Å². The molecule has 2 bridgehead atoms. The van der Waals surface area contributed by atoms with Gasteiger partial charge >= 0.3 is 0 Å². The number of aliphatic hydroxyl groups is 1. The van der Waals surface area contributed by atoms with Crippen LogP contribution in [0, 0.1) is 19.8 Å². The molecule has 1 N–H and O–H groups in total. The normalized spacial score (nSPS) is 25.9. The van der Waals surface area contributed by atoms with Crippen LogP contribution in [0.15, 0.2) is 48.5 Å². The molecule has 0 aromatic heterocycles. The fourth-order valence-electron chi connectivity index (χ4n) is 6.22. The third kappa shape index (κ3) is 4.15. The molecule has 0 amide bonds. The zero-order valence-corrected chi connectivity index (χ0v) is 20.5. The Balaban J connectivity index is 0.00000240. The van der Waals surface area contributed by atoms with Crippen molar-refractivity contribution in [2.24, 2.45) is 5.92 Å². The van der Waals surface area contributed by atoms with Crippen LogP contribution in [-0.2, 0) is 5.60 Å². The molecule has 2 fully saturated rings. The third-order valence-corrected chi connectivity index (χ3v) is 7.93. The predicted molar refractivity (Wildman–Crippen MR) is 116 cm³/mol. The summed E-state index contributed by atoms with van der Waals surface area (Å²) in [6, 6.07) is 18.3. The van der Waals surface area contributed by atoms with Crippen LogP contribution in [0.25, 0.3) is 0 Å². The van der Waals surface area contributed by atoms with Crippen molar-refractivity contribution in [1.29, 1.82) is 0 Å². The molecular weight excluding hydrogens is 469 g/mol. The van der Waals surface area contributed by atoms with Gasteiger partial charge in [-0.3, -0.25) is 0 Å². The first kappa shape index (κ1) is 22.8. The summed E-state index contributed by atoms with van der Waals surface area (Å²) in [5.74, 6) is 0.575. The van der Waals surface area contributed by atoms with Crippen molar-refractivity contribution < 1.29 is 33.6 Å². The zero-order chi connectivity index (χ0) is 19.9. The number of quaternary nitrogens is 1. The minimum absolute atomic E-state index is 0. The lowest BCUT2D eigenvalue weighted by Crippen LogP contribution is -3.00. The second kappa shape index (κ2) is 8.68. The number of piperidine rings is 2. The molecule has 2 aromatic carbocycles. The molecule has 0 saturated carbocycles. The SMILES string of the molecule is Cc1ccccc1C(O)(C[C@H]1C[C@H]2CCC[C@@H](C1)[N+]2(C)C)c1ccccc1C.[I-]. The van der Waals surface area contributed by atoms with Crippen molar-refractivity contribution in [1.82, 2.24) is 0 Å². The van der Waals surface area contributed by atoms with Gasteiger partial charge in [-0.05, 0) is 67.7 Å². The number of halogens is 1. The highest BCUT2D eigenvalue weighted by atomic mass is 127. The zero-order valence-electron chi connectivity index (χ0n) is 18.4. The standard InChI is InChI=1S/C26H36NO.HI/c1-19-10-5-7-14-24(19)26(28,25-15-8-6-11-20(25)2)18-21-16-22-12-9-13-23(17-21)27(22,3)4;/h5-8,10-11,14-15,21-23,28H,9,12-13,16-18H2,1-4H3;1H/q+1;/p-1/t21-,22+,23-;. The van der Waals surface area contributed by atoms with Gasteiger partial charge in [-0.25, -0.2) is 0 Å². The Bertz CT molecular complexity index is 785. The van der Waals surface area contributed by atoms with Crippen molar-refractivity contribution >= 4 is 0 Å². The number of benzene rings is 2. The fraction of sp³-hybridized carbons (Fsp3) is 0.538. The van der Waals surface area contributed by atoms with Crippen molar-refractivity contribution in [3.63, 3.8) is 0 Å². The maximum absolute atomic E-state index is 12.3. The Morgan fingerprint density at radius 1 is 0.862 bits per heavy atom. The topological polar surface area (TPSA) is 20.2 Å². The Hall–Kier alpha value is -0.910. The Morgan fingerprint density at radius 2 is 1.31 bits per heavy atom. The van der Waals surface area contributed by atoms with E-state index >= 15 is 0 Å². The molecule has 2 saturated heterocycles. The van der Waals surface area contributed by atoms with Gasteiger partial charge in [0.15, 0.2) is 0 Å². The Kier molecular flexibility index (Phi) is 6.82. The lowest BCUT2D eigenvalue weighted by molar-refractivity contribution is -0.950. The van der Waals surface area contributed by atoms with Gasteiger partial charge < -0.3 is 33.6 Å². The highest BCUT2D eigenvalue weighted by molar-refractivity contribution is 5.43. The van der Waals surface area contributed by atoms with Gasteiger partial charge in [-0.1, -0.05) is 48.5 Å². The molecule has 2 heterocycles. The van der Waals surface area contributed by atoms with Crippen LogP contribution in [0.2, 0.25) is 0 Å². The van der Waals surface area contributed by atoms with Crippen molar-refractivity contribution in [2.45, 2.75) is 70.1 Å². The molecular formula is C26H36INO. The van der Waals surface area contributed by atoms with Gasteiger partial charge in [0.05, 0.1) is 26.2 Å². The van der Waals surface area contributed by atoms with Crippen molar-refractivity contribution in [3.05, 3.63) is 70.8 Å². The molecule has 0 spiro atoms. The molecule has 2 aliphatic rings. The smallest absolute Gasteiger partial charge is 0.115 e. The number of aryl methyl sites for hydroxylation is 2. The number of fused-ring (bicyclic) bond motifs is 2. The van der Waals surface area contributed by atoms with Crippen LogP contribution in [0.4, 0.5) is 0 Å². The molecule has 2 nitrogen and oxygen atoms in total. The summed E-state index contributed by atoms with van der Waals surface area (Å²) in [4.78, 5) is 0. The molecule has 3 atom stereocenters. The van der Waals surface area contributed by atoms with E-state index in [1.165, 1.54) is 47.7 Å².